The molecule has 0 spiro atoms. The molecule has 0 saturated carbocycles. The largest absolute Gasteiger partial charge is 0.445 e. The van der Waals surface area contributed by atoms with E-state index in [-0.39, 0.29) is 16.9 Å². The Hall–Kier alpha value is -4.91. The fourth-order valence-electron chi connectivity index (χ4n) is 3.36. The van der Waals surface area contributed by atoms with Gasteiger partial charge in [-0.25, -0.2) is 9.50 Å². The van der Waals surface area contributed by atoms with Crippen molar-refractivity contribution < 1.29 is 9.21 Å². The molecular weight excluding hydrogens is 422 g/mol. The van der Waals surface area contributed by atoms with Crippen molar-refractivity contribution in [1.29, 1.82) is 0 Å². The van der Waals surface area contributed by atoms with Gasteiger partial charge in [0.2, 0.25) is 5.71 Å². The van der Waals surface area contributed by atoms with Crippen LogP contribution in [-0.4, -0.2) is 30.1 Å². The van der Waals surface area contributed by atoms with E-state index in [0.717, 1.165) is 5.69 Å². The van der Waals surface area contributed by atoms with Gasteiger partial charge in [0.1, 0.15) is 23.0 Å². The second-order valence-electron chi connectivity index (χ2n) is 6.84. The lowest BCUT2D eigenvalue weighted by molar-refractivity contribution is 0.100. The van der Waals surface area contributed by atoms with Gasteiger partial charge in [-0.3, -0.25) is 14.2 Å². The van der Waals surface area contributed by atoms with Crippen LogP contribution in [0.15, 0.2) is 64.3 Å². The number of amides is 1. The predicted octanol–water partition coefficient (Wildman–Crippen LogP) is 1.93. The normalized spacial score (nSPS) is 10.5. The number of benzene rings is 1. The molecule has 0 unspecified atom stereocenters. The Balaban J connectivity index is 0.000000172. The van der Waals surface area contributed by atoms with E-state index in [1.165, 1.54) is 10.8 Å². The van der Waals surface area contributed by atoms with Gasteiger partial charge in [-0.15, -0.1) is 11.5 Å². The molecule has 10 nitrogen and oxygen atoms in total. The molecule has 0 radical (unpaired) electrons. The molecule has 0 aliphatic carbocycles. The molecule has 0 bridgehead atoms. The Labute approximate surface area is 187 Å². The van der Waals surface area contributed by atoms with E-state index in [1.807, 2.05) is 37.3 Å². The maximum absolute atomic E-state index is 12.7. The van der Waals surface area contributed by atoms with Gasteiger partial charge in [0.25, 0.3) is 11.5 Å². The van der Waals surface area contributed by atoms with Crippen molar-refractivity contribution in [2.24, 2.45) is 5.73 Å². The monoisotopic (exact) mass is 441 g/mol. The van der Waals surface area contributed by atoms with Crippen LogP contribution >= 0.6 is 0 Å². The van der Waals surface area contributed by atoms with Crippen LogP contribution in [0.1, 0.15) is 28.7 Å². The van der Waals surface area contributed by atoms with Crippen LogP contribution in [-0.2, 0) is 6.42 Å². The SMILES string of the molecule is C#Cc1coc2nc(CC)n(-c3ccccc3)c(=O)c12.NC(=O)c1c(N)nn2cccnc12. The average molecular weight is 441 g/mol. The first-order chi connectivity index (χ1) is 16.0. The number of nitrogen functional groups attached to an aromatic ring is 1. The average Bonchev–Trinajstić information content (AvgIpc) is 3.39. The number of nitrogens with two attached hydrogens (primary N) is 2. The van der Waals surface area contributed by atoms with Gasteiger partial charge in [0, 0.05) is 18.8 Å². The van der Waals surface area contributed by atoms with E-state index >= 15 is 0 Å². The van der Waals surface area contributed by atoms with Crippen LogP contribution in [0.25, 0.3) is 22.4 Å². The third-order valence-corrected chi connectivity index (χ3v) is 4.83. The van der Waals surface area contributed by atoms with Crippen LogP contribution in [0.3, 0.4) is 0 Å². The highest BCUT2D eigenvalue weighted by molar-refractivity contribution is 6.03. The van der Waals surface area contributed by atoms with Gasteiger partial charge in [-0.2, -0.15) is 4.98 Å². The molecule has 0 aliphatic rings. The van der Waals surface area contributed by atoms with Gasteiger partial charge < -0.3 is 15.9 Å². The standard InChI is InChI=1S/C16H12N2O2.C7H7N5O/c1-3-11-10-20-15-14(11)16(19)18(13(4-2)17-15)12-8-6-5-7-9-12;8-5-4(6(9)13)7-10-2-1-3-12(7)11-5/h1,5-10H,4H2,2H3;1-3H,(H2,8,11)(H2,9,13). The fourth-order valence-corrected chi connectivity index (χ4v) is 3.36. The Morgan fingerprint density at radius 1 is 1.24 bits per heavy atom. The van der Waals surface area contributed by atoms with Crippen molar-refractivity contribution >= 4 is 28.5 Å². The van der Waals surface area contributed by atoms with Crippen LogP contribution < -0.4 is 17.0 Å². The Bertz CT molecular complexity index is 1570. The summed E-state index contributed by atoms with van der Waals surface area (Å²) in [6.45, 7) is 1.94. The van der Waals surface area contributed by atoms with Crippen LogP contribution in [0.4, 0.5) is 5.82 Å². The lowest BCUT2D eigenvalue weighted by atomic mass is 10.2. The molecule has 33 heavy (non-hydrogen) atoms. The lowest BCUT2D eigenvalue weighted by Crippen LogP contribution is -2.23. The van der Waals surface area contributed by atoms with Crippen molar-refractivity contribution in [3.8, 4) is 18.0 Å². The quantitative estimate of drug-likeness (QED) is 0.407. The summed E-state index contributed by atoms with van der Waals surface area (Å²) in [4.78, 5) is 32.0. The minimum Gasteiger partial charge on any atom is -0.445 e. The van der Waals surface area contributed by atoms with E-state index in [4.69, 9.17) is 22.3 Å². The third kappa shape index (κ3) is 3.79. The van der Waals surface area contributed by atoms with Crippen LogP contribution in [0.5, 0.6) is 0 Å². The molecule has 0 fully saturated rings. The second-order valence-corrected chi connectivity index (χ2v) is 6.84. The molecule has 5 rings (SSSR count). The van der Waals surface area contributed by atoms with E-state index in [9.17, 15) is 9.59 Å². The number of primary amides is 1. The number of aromatic nitrogens is 5. The number of rotatable bonds is 3. The number of anilines is 1. The Morgan fingerprint density at radius 2 is 2.00 bits per heavy atom. The number of nitrogens with zero attached hydrogens (tertiary/aromatic N) is 5. The van der Waals surface area contributed by atoms with Crippen LogP contribution in [0.2, 0.25) is 0 Å². The molecule has 4 aromatic heterocycles. The molecule has 1 aromatic carbocycles. The van der Waals surface area contributed by atoms with E-state index in [1.54, 1.807) is 23.0 Å². The number of terminal acetylenes is 1. The number of hydrogen-bond acceptors (Lipinski definition) is 7. The summed E-state index contributed by atoms with van der Waals surface area (Å²) >= 11 is 0. The zero-order chi connectivity index (χ0) is 23.5. The molecular formula is C23H19N7O3. The van der Waals surface area contributed by atoms with Gasteiger partial charge in [-0.05, 0) is 18.2 Å². The van der Waals surface area contributed by atoms with Crippen molar-refractivity contribution in [3.63, 3.8) is 0 Å². The summed E-state index contributed by atoms with van der Waals surface area (Å²) in [5.41, 5.74) is 12.5. The van der Waals surface area contributed by atoms with Gasteiger partial charge in [0.15, 0.2) is 11.5 Å². The molecule has 4 heterocycles. The second kappa shape index (κ2) is 8.68. The van der Waals surface area contributed by atoms with Crippen molar-refractivity contribution in [2.75, 3.05) is 5.73 Å². The molecule has 5 aromatic rings. The summed E-state index contributed by atoms with van der Waals surface area (Å²) in [6, 6.07) is 11.1. The number of furan rings is 1. The maximum Gasteiger partial charge on any atom is 0.270 e. The first-order valence-corrected chi connectivity index (χ1v) is 9.90. The topological polar surface area (TPSA) is 147 Å². The summed E-state index contributed by atoms with van der Waals surface area (Å²) in [5.74, 6) is 2.59. The van der Waals surface area contributed by atoms with Gasteiger partial charge in [0.05, 0.1) is 11.3 Å². The number of fused-ring (bicyclic) bond motifs is 2. The number of carbonyl (C=O) groups excluding carboxylic acids is 1. The Kier molecular flexibility index (Phi) is 5.61. The molecule has 0 aliphatic heterocycles. The highest BCUT2D eigenvalue weighted by Gasteiger charge is 2.17. The minimum absolute atomic E-state index is 0.103. The minimum atomic E-state index is -0.619. The first-order valence-electron chi connectivity index (χ1n) is 9.90. The van der Waals surface area contributed by atoms with Crippen molar-refractivity contribution in [2.45, 2.75) is 13.3 Å². The summed E-state index contributed by atoms with van der Waals surface area (Å²) in [5, 5.41) is 4.22. The zero-order valence-corrected chi connectivity index (χ0v) is 17.6. The number of para-hydroxylation sites is 1. The Morgan fingerprint density at radius 3 is 2.67 bits per heavy atom. The van der Waals surface area contributed by atoms with Crippen LogP contribution in [0, 0.1) is 12.3 Å². The van der Waals surface area contributed by atoms with Gasteiger partial charge in [-0.1, -0.05) is 31.0 Å². The number of hydrogen-bond donors (Lipinski definition) is 2. The predicted molar refractivity (Wildman–Crippen MR) is 123 cm³/mol. The highest BCUT2D eigenvalue weighted by atomic mass is 16.3. The zero-order valence-electron chi connectivity index (χ0n) is 17.6. The maximum atomic E-state index is 12.7. The molecule has 0 saturated heterocycles. The first kappa shape index (κ1) is 21.3. The molecule has 1 amide bonds. The van der Waals surface area contributed by atoms with Crippen molar-refractivity contribution in [1.82, 2.24) is 24.1 Å². The lowest BCUT2D eigenvalue weighted by Gasteiger charge is -2.10. The third-order valence-electron chi connectivity index (χ3n) is 4.83. The van der Waals surface area contributed by atoms with E-state index in [0.29, 0.717) is 34.6 Å². The molecule has 10 heteroatoms. The van der Waals surface area contributed by atoms with Gasteiger partial charge >= 0.3 is 0 Å². The fraction of sp³-hybridized carbons (Fsp3) is 0.0870. The van der Waals surface area contributed by atoms with E-state index < -0.39 is 5.91 Å². The van der Waals surface area contributed by atoms with Crippen molar-refractivity contribution in [3.05, 3.63) is 82.4 Å². The summed E-state index contributed by atoms with van der Waals surface area (Å²) < 4.78 is 8.28. The molecule has 4 N–H and O–H groups in total. The smallest absolute Gasteiger partial charge is 0.270 e. The molecule has 164 valence electrons. The summed E-state index contributed by atoms with van der Waals surface area (Å²) in [7, 11) is 0. The van der Waals surface area contributed by atoms with E-state index in [2.05, 4.69) is 21.0 Å². The number of aryl methyl sites for hydroxylation is 1. The summed E-state index contributed by atoms with van der Waals surface area (Å²) in [6.07, 6.45) is 10.6. The molecule has 0 atom stereocenters. The highest BCUT2D eigenvalue weighted by Crippen LogP contribution is 2.18. The number of carbonyl (C=O) groups is 1.